The molecule has 0 amide bonds. The number of nitrogens with two attached hydrogens (primary N) is 1. The second-order valence-corrected chi connectivity index (χ2v) is 8.35. The number of nitrogens with zero attached hydrogens (tertiary/aromatic N) is 5. The number of ether oxygens (including phenoxy) is 2. The maximum atomic E-state index is 11.6. The topological polar surface area (TPSA) is 172 Å². The van der Waals surface area contributed by atoms with Gasteiger partial charge in [-0.15, -0.1) is 21.8 Å². The predicted molar refractivity (Wildman–Crippen MR) is 143 cm³/mol. The van der Waals surface area contributed by atoms with E-state index in [9.17, 15) is 14.4 Å². The van der Waals surface area contributed by atoms with Gasteiger partial charge in [0, 0.05) is 6.61 Å². The lowest BCUT2D eigenvalue weighted by Crippen LogP contribution is -2.18. The minimum atomic E-state index is -1.15. The normalized spacial score (nSPS) is 10.4. The Labute approximate surface area is 236 Å². The molecule has 1 unspecified atom stereocenters. The van der Waals surface area contributed by atoms with Crippen LogP contribution in [0.15, 0.2) is 22.8 Å². The number of aldehydes is 1. The highest BCUT2D eigenvalue weighted by atomic mass is 79.9. The molecule has 3 heterocycles. The number of halogens is 4. The molecular formula is C21H26BrCl3N6O6. The average molecular weight is 645 g/mol. The third-order valence-electron chi connectivity index (χ3n) is 3.48. The van der Waals surface area contributed by atoms with Gasteiger partial charge in [-0.2, -0.15) is 5.10 Å². The Kier molecular flexibility index (Phi) is 17.3. The molecule has 0 aliphatic rings. The van der Waals surface area contributed by atoms with Crippen LogP contribution in [-0.2, 0) is 19.1 Å². The quantitative estimate of drug-likeness (QED) is 0.180. The highest BCUT2D eigenvalue weighted by Gasteiger charge is 2.16. The molecule has 0 bridgehead atoms. The summed E-state index contributed by atoms with van der Waals surface area (Å²) in [5.74, 6) is -0.794. The summed E-state index contributed by atoms with van der Waals surface area (Å²) < 4.78 is 11.4. The van der Waals surface area contributed by atoms with Crippen LogP contribution in [0.4, 0.5) is 5.82 Å². The smallest absolute Gasteiger partial charge is 0.358 e. The van der Waals surface area contributed by atoms with Gasteiger partial charge in [-0.05, 0) is 61.3 Å². The number of carbonyl (C=O) groups excluding carboxylic acids is 3. The van der Waals surface area contributed by atoms with Gasteiger partial charge < -0.3 is 25.1 Å². The van der Waals surface area contributed by atoms with Crippen molar-refractivity contribution in [3.63, 3.8) is 0 Å². The second-order valence-electron chi connectivity index (χ2n) is 6.26. The Morgan fingerprint density at radius 3 is 2.24 bits per heavy atom. The molecule has 1 atom stereocenters. The number of esters is 2. The third kappa shape index (κ3) is 12.5. The van der Waals surface area contributed by atoms with Crippen molar-refractivity contribution in [1.82, 2.24) is 24.8 Å². The molecule has 204 valence electrons. The zero-order valence-corrected chi connectivity index (χ0v) is 24.2. The maximum Gasteiger partial charge on any atom is 0.358 e. The fourth-order valence-corrected chi connectivity index (χ4v) is 2.94. The van der Waals surface area contributed by atoms with E-state index in [-0.39, 0.29) is 18.9 Å². The van der Waals surface area contributed by atoms with Crippen molar-refractivity contribution >= 4 is 80.4 Å². The van der Waals surface area contributed by atoms with Crippen molar-refractivity contribution in [3.8, 4) is 0 Å². The van der Waals surface area contributed by atoms with Crippen LogP contribution in [0.1, 0.15) is 36.8 Å². The van der Waals surface area contributed by atoms with Crippen LogP contribution in [-0.4, -0.2) is 73.3 Å². The van der Waals surface area contributed by atoms with Crippen LogP contribution in [0.2, 0.25) is 10.3 Å². The summed E-state index contributed by atoms with van der Waals surface area (Å²) >= 11 is 19.6. The van der Waals surface area contributed by atoms with Crippen molar-refractivity contribution in [2.45, 2.75) is 33.1 Å². The van der Waals surface area contributed by atoms with E-state index in [4.69, 9.17) is 50.4 Å². The van der Waals surface area contributed by atoms with E-state index in [1.54, 1.807) is 32.9 Å². The number of aliphatic hydroxyl groups excluding tert-OH is 1. The van der Waals surface area contributed by atoms with Gasteiger partial charge >= 0.3 is 11.9 Å². The number of rotatable bonds is 5. The summed E-state index contributed by atoms with van der Waals surface area (Å²) in [6.07, 6.45) is 1.77. The van der Waals surface area contributed by atoms with E-state index in [1.807, 2.05) is 6.92 Å². The third-order valence-corrected chi connectivity index (χ3v) is 4.77. The molecule has 16 heteroatoms. The molecule has 3 aromatic rings. The highest BCUT2D eigenvalue weighted by Crippen LogP contribution is 2.18. The van der Waals surface area contributed by atoms with E-state index in [2.05, 4.69) is 40.9 Å². The Hall–Kier alpha value is -2.58. The lowest BCUT2D eigenvalue weighted by Gasteiger charge is -2.02. The summed E-state index contributed by atoms with van der Waals surface area (Å²) in [4.78, 5) is 35.9. The first-order valence-corrected chi connectivity index (χ1v) is 12.4. The molecule has 0 fully saturated rings. The molecule has 0 spiro atoms. The molecule has 3 N–H and O–H groups in total. The first-order valence-electron chi connectivity index (χ1n) is 10.5. The minimum absolute atomic E-state index is 0.246. The lowest BCUT2D eigenvalue weighted by molar-refractivity contribution is -0.143. The van der Waals surface area contributed by atoms with E-state index >= 15 is 0 Å². The van der Waals surface area contributed by atoms with Crippen LogP contribution in [0.5, 0.6) is 0 Å². The first-order chi connectivity index (χ1) is 17.5. The number of carbonyl (C=O) groups is 3. The van der Waals surface area contributed by atoms with Gasteiger partial charge in [0.05, 0.1) is 23.9 Å². The van der Waals surface area contributed by atoms with Crippen molar-refractivity contribution in [1.29, 1.82) is 0 Å². The molecule has 0 saturated heterocycles. The van der Waals surface area contributed by atoms with Gasteiger partial charge in [0.25, 0.3) is 0 Å². The van der Waals surface area contributed by atoms with E-state index in [0.29, 0.717) is 39.1 Å². The first kappa shape index (κ1) is 34.4. The molecule has 0 aliphatic carbocycles. The summed E-state index contributed by atoms with van der Waals surface area (Å²) in [6, 6.07) is 3.28. The predicted octanol–water partition coefficient (Wildman–Crippen LogP) is 3.70. The zero-order valence-electron chi connectivity index (χ0n) is 20.3. The van der Waals surface area contributed by atoms with Crippen LogP contribution in [0.25, 0.3) is 5.65 Å². The van der Waals surface area contributed by atoms with Crippen molar-refractivity contribution in [3.05, 3.63) is 44.4 Å². The molecule has 12 nitrogen and oxygen atoms in total. The Morgan fingerprint density at radius 2 is 1.76 bits per heavy atom. The van der Waals surface area contributed by atoms with Crippen LogP contribution >= 0.6 is 50.7 Å². The number of hydrogen-bond donors (Lipinski definition) is 2. The van der Waals surface area contributed by atoms with Crippen LogP contribution in [0.3, 0.4) is 0 Å². The van der Waals surface area contributed by atoms with Crippen molar-refractivity contribution < 1.29 is 29.0 Å². The molecule has 3 aromatic heterocycles. The Balaban J connectivity index is 0.000000531. The summed E-state index contributed by atoms with van der Waals surface area (Å²) in [5.41, 5.74) is 7.05. The number of aryl methyl sites for hydroxylation is 1. The lowest BCUT2D eigenvalue weighted by atomic mass is 10.3. The molecule has 0 radical (unpaired) electrons. The standard InChI is InChI=1S/C10H10ClN3O2.C5H7ClO3.C4H3BrClN3.C2H6O/c1-3-16-10(15)7-5-12-9-6(2)4-8(11)13-14(7)9;1-2-9-5(8)4(6)3-7;5-2-1-3(6)8-9-4(2)7;1-2-3/h4-5H,3H2,1-2H3;3-4H,2H2,1H3;1H,(H2,7,9);3H,2H2,1H3. The Bertz CT molecular complexity index is 1170. The van der Waals surface area contributed by atoms with Gasteiger partial charge in [0.2, 0.25) is 0 Å². The largest absolute Gasteiger partial charge is 0.465 e. The molecular weight excluding hydrogens is 619 g/mol. The van der Waals surface area contributed by atoms with Crippen LogP contribution in [0, 0.1) is 6.92 Å². The van der Waals surface area contributed by atoms with E-state index < -0.39 is 17.3 Å². The summed E-state index contributed by atoms with van der Waals surface area (Å²) in [6.45, 7) is 7.73. The molecule has 3 rings (SSSR count). The number of aliphatic hydroxyl groups is 1. The summed E-state index contributed by atoms with van der Waals surface area (Å²) in [7, 11) is 0. The molecule has 0 aliphatic heterocycles. The van der Waals surface area contributed by atoms with Gasteiger partial charge in [-0.25, -0.2) is 19.1 Å². The number of aromatic nitrogens is 5. The number of hydrogen-bond acceptors (Lipinski definition) is 11. The monoisotopic (exact) mass is 642 g/mol. The molecule has 0 saturated carbocycles. The zero-order chi connectivity index (χ0) is 28.5. The van der Waals surface area contributed by atoms with Crippen molar-refractivity contribution in [2.24, 2.45) is 0 Å². The van der Waals surface area contributed by atoms with Gasteiger partial charge in [0.1, 0.15) is 11.4 Å². The van der Waals surface area contributed by atoms with Gasteiger partial charge in [-0.3, -0.25) is 0 Å². The SMILES string of the molecule is CCO.CCOC(=O)C(Cl)C=O.CCOC(=O)c1cnc2c(C)cc(Cl)nn12.Nc1nnc(Cl)cc1Br. The number of nitrogen functional groups attached to an aromatic ring is 1. The second kappa shape index (κ2) is 18.6. The highest BCUT2D eigenvalue weighted by molar-refractivity contribution is 9.10. The van der Waals surface area contributed by atoms with Crippen LogP contribution < -0.4 is 5.73 Å². The minimum Gasteiger partial charge on any atom is -0.465 e. The average Bonchev–Trinajstić information content (AvgIpc) is 3.27. The van der Waals surface area contributed by atoms with E-state index in [1.165, 1.54) is 10.7 Å². The number of alkyl halides is 1. The van der Waals surface area contributed by atoms with Gasteiger partial charge in [-0.1, -0.05) is 23.2 Å². The number of anilines is 1. The van der Waals surface area contributed by atoms with Crippen molar-refractivity contribution in [2.75, 3.05) is 25.6 Å². The van der Waals surface area contributed by atoms with Gasteiger partial charge in [0.15, 0.2) is 27.7 Å². The fourth-order valence-electron chi connectivity index (χ4n) is 2.06. The van der Waals surface area contributed by atoms with E-state index in [0.717, 1.165) is 5.56 Å². The Morgan fingerprint density at radius 1 is 1.16 bits per heavy atom. The molecule has 0 aromatic carbocycles. The molecule has 37 heavy (non-hydrogen) atoms. The summed E-state index contributed by atoms with van der Waals surface area (Å²) in [5, 5.41) is 18.1. The fraction of sp³-hybridized carbons (Fsp3) is 0.381. The number of fused-ring (bicyclic) bond motifs is 1. The number of imidazole rings is 1. The maximum absolute atomic E-state index is 11.6.